The number of amides is 1. The molecule has 1 aliphatic rings. The molecule has 1 aliphatic carbocycles. The molecule has 21 heavy (non-hydrogen) atoms. The maximum absolute atomic E-state index is 13.1. The third-order valence-corrected chi connectivity index (χ3v) is 3.85. The zero-order chi connectivity index (χ0) is 15.6. The molecule has 0 aliphatic heterocycles. The summed E-state index contributed by atoms with van der Waals surface area (Å²) in [6.45, 7) is 5.89. The van der Waals surface area contributed by atoms with E-state index in [-0.39, 0.29) is 24.4 Å². The Morgan fingerprint density at radius 3 is 2.67 bits per heavy atom. The minimum absolute atomic E-state index is 0.121. The summed E-state index contributed by atoms with van der Waals surface area (Å²) < 4.78 is 18.9. The quantitative estimate of drug-likeness (QED) is 0.810. The molecule has 4 nitrogen and oxygen atoms in total. The van der Waals surface area contributed by atoms with Gasteiger partial charge in [-0.15, -0.1) is 0 Å². The lowest BCUT2D eigenvalue weighted by molar-refractivity contribution is -0.127. The molecule has 0 saturated heterocycles. The Hall–Kier alpha value is -1.62. The molecule has 1 aromatic rings. The van der Waals surface area contributed by atoms with E-state index in [4.69, 9.17) is 10.5 Å². The van der Waals surface area contributed by atoms with E-state index in [2.05, 4.69) is 5.32 Å². The largest absolute Gasteiger partial charge is 0.491 e. The minimum Gasteiger partial charge on any atom is -0.491 e. The minimum atomic E-state index is -0.852. The van der Waals surface area contributed by atoms with Crippen LogP contribution in [0.3, 0.4) is 0 Å². The van der Waals surface area contributed by atoms with E-state index >= 15 is 0 Å². The standard InChI is InChI=1S/C16H23FN2O2/c1-10(2)19-16(15(18)20,12-4-5-12)9-21-14-7-6-13(17)8-11(14)3/h6-8,10,12,19H,4-5,9H2,1-3H3,(H2,18,20). The smallest absolute Gasteiger partial charge is 0.241 e. The van der Waals surface area contributed by atoms with Crippen molar-refractivity contribution in [2.75, 3.05) is 6.61 Å². The fraction of sp³-hybridized carbons (Fsp3) is 0.562. The van der Waals surface area contributed by atoms with E-state index < -0.39 is 11.4 Å². The second-order valence-corrected chi connectivity index (χ2v) is 6.11. The Morgan fingerprint density at radius 2 is 2.19 bits per heavy atom. The third kappa shape index (κ3) is 3.53. The number of rotatable bonds is 7. The molecule has 1 aromatic carbocycles. The van der Waals surface area contributed by atoms with Crippen molar-refractivity contribution in [3.05, 3.63) is 29.6 Å². The summed E-state index contributed by atoms with van der Waals surface area (Å²) in [6, 6.07) is 4.46. The molecule has 116 valence electrons. The summed E-state index contributed by atoms with van der Waals surface area (Å²) >= 11 is 0. The number of halogens is 1. The summed E-state index contributed by atoms with van der Waals surface area (Å²) in [4.78, 5) is 12.0. The van der Waals surface area contributed by atoms with Gasteiger partial charge in [0.25, 0.3) is 0 Å². The van der Waals surface area contributed by atoms with Crippen molar-refractivity contribution in [3.63, 3.8) is 0 Å². The molecule has 1 amide bonds. The van der Waals surface area contributed by atoms with Crippen LogP contribution in [-0.2, 0) is 4.79 Å². The van der Waals surface area contributed by atoms with Gasteiger partial charge in [0.15, 0.2) is 0 Å². The molecule has 5 heteroatoms. The van der Waals surface area contributed by atoms with Crippen LogP contribution in [0.2, 0.25) is 0 Å². The first kappa shape index (κ1) is 15.8. The van der Waals surface area contributed by atoms with Crippen molar-refractivity contribution in [2.24, 2.45) is 11.7 Å². The SMILES string of the molecule is Cc1cc(F)ccc1OCC(NC(C)C)(C(N)=O)C1CC1. The first-order chi connectivity index (χ1) is 9.85. The first-order valence-electron chi connectivity index (χ1n) is 7.31. The lowest BCUT2D eigenvalue weighted by Gasteiger charge is -2.34. The number of hydrogen-bond donors (Lipinski definition) is 2. The molecule has 1 fully saturated rings. The zero-order valence-corrected chi connectivity index (χ0v) is 12.8. The van der Waals surface area contributed by atoms with Crippen LogP contribution in [0.5, 0.6) is 5.75 Å². The molecular weight excluding hydrogens is 271 g/mol. The van der Waals surface area contributed by atoms with Gasteiger partial charge in [-0.2, -0.15) is 0 Å². The molecular formula is C16H23FN2O2. The zero-order valence-electron chi connectivity index (χ0n) is 12.8. The number of nitrogens with one attached hydrogen (secondary N) is 1. The molecule has 0 bridgehead atoms. The molecule has 0 spiro atoms. The third-order valence-electron chi connectivity index (χ3n) is 3.85. The van der Waals surface area contributed by atoms with Crippen molar-refractivity contribution >= 4 is 5.91 Å². The van der Waals surface area contributed by atoms with Crippen LogP contribution < -0.4 is 15.8 Å². The Bertz CT molecular complexity index is 529. The second kappa shape index (κ2) is 6.02. The highest BCUT2D eigenvalue weighted by Crippen LogP contribution is 2.40. The van der Waals surface area contributed by atoms with Crippen molar-refractivity contribution in [1.82, 2.24) is 5.32 Å². The van der Waals surface area contributed by atoms with Crippen LogP contribution in [0.15, 0.2) is 18.2 Å². The number of carbonyl (C=O) groups excluding carboxylic acids is 1. The van der Waals surface area contributed by atoms with E-state index in [1.165, 1.54) is 12.1 Å². The van der Waals surface area contributed by atoms with Gasteiger partial charge in [-0.3, -0.25) is 10.1 Å². The average molecular weight is 294 g/mol. The highest BCUT2D eigenvalue weighted by atomic mass is 19.1. The van der Waals surface area contributed by atoms with Crippen LogP contribution >= 0.6 is 0 Å². The van der Waals surface area contributed by atoms with Gasteiger partial charge in [0.2, 0.25) is 5.91 Å². The van der Waals surface area contributed by atoms with Gasteiger partial charge in [0.1, 0.15) is 23.7 Å². The number of carbonyl (C=O) groups is 1. The van der Waals surface area contributed by atoms with Crippen molar-refractivity contribution in [2.45, 2.75) is 45.2 Å². The molecule has 1 atom stereocenters. The highest BCUT2D eigenvalue weighted by Gasteiger charge is 2.50. The van der Waals surface area contributed by atoms with Gasteiger partial charge in [-0.05, 0) is 63.3 Å². The predicted octanol–water partition coefficient (Wildman–Crippen LogP) is 2.15. The molecule has 3 N–H and O–H groups in total. The lowest BCUT2D eigenvalue weighted by Crippen LogP contribution is -2.62. The van der Waals surface area contributed by atoms with Crippen molar-refractivity contribution < 1.29 is 13.9 Å². The highest BCUT2D eigenvalue weighted by molar-refractivity contribution is 5.86. The summed E-state index contributed by atoms with van der Waals surface area (Å²) in [6.07, 6.45) is 1.93. The fourth-order valence-corrected chi connectivity index (χ4v) is 2.68. The maximum atomic E-state index is 13.1. The molecule has 0 radical (unpaired) electrons. The number of ether oxygens (including phenoxy) is 1. The number of primary amides is 1. The van der Waals surface area contributed by atoms with Gasteiger partial charge < -0.3 is 10.5 Å². The molecule has 1 saturated carbocycles. The second-order valence-electron chi connectivity index (χ2n) is 6.11. The number of aryl methyl sites for hydroxylation is 1. The van der Waals surface area contributed by atoms with Crippen LogP contribution in [-0.4, -0.2) is 24.1 Å². The molecule has 1 unspecified atom stereocenters. The van der Waals surface area contributed by atoms with E-state index in [0.29, 0.717) is 11.3 Å². The van der Waals surface area contributed by atoms with Crippen LogP contribution in [0.4, 0.5) is 4.39 Å². The van der Waals surface area contributed by atoms with Crippen LogP contribution in [0.25, 0.3) is 0 Å². The van der Waals surface area contributed by atoms with Gasteiger partial charge in [0, 0.05) is 6.04 Å². The molecule has 2 rings (SSSR count). The van der Waals surface area contributed by atoms with Crippen LogP contribution in [0.1, 0.15) is 32.3 Å². The number of hydrogen-bond acceptors (Lipinski definition) is 3. The average Bonchev–Trinajstić information content (AvgIpc) is 3.19. The van der Waals surface area contributed by atoms with E-state index in [1.54, 1.807) is 13.0 Å². The summed E-state index contributed by atoms with van der Waals surface area (Å²) in [7, 11) is 0. The number of benzene rings is 1. The monoisotopic (exact) mass is 294 g/mol. The molecule has 0 aromatic heterocycles. The molecule has 0 heterocycles. The maximum Gasteiger partial charge on any atom is 0.241 e. The Balaban J connectivity index is 2.17. The summed E-state index contributed by atoms with van der Waals surface area (Å²) in [5.74, 6) is 0.0911. The van der Waals surface area contributed by atoms with Crippen molar-refractivity contribution in [3.8, 4) is 5.75 Å². The van der Waals surface area contributed by atoms with Gasteiger partial charge in [-0.1, -0.05) is 0 Å². The Labute approximate surface area is 124 Å². The summed E-state index contributed by atoms with van der Waals surface area (Å²) in [5.41, 5.74) is 5.50. The van der Waals surface area contributed by atoms with Gasteiger partial charge in [-0.25, -0.2) is 4.39 Å². The number of nitrogens with two attached hydrogens (primary N) is 1. The van der Waals surface area contributed by atoms with E-state index in [9.17, 15) is 9.18 Å². The predicted molar refractivity (Wildman–Crippen MR) is 79.6 cm³/mol. The van der Waals surface area contributed by atoms with Gasteiger partial charge >= 0.3 is 0 Å². The Kier molecular flexibility index (Phi) is 4.52. The normalized spacial score (nSPS) is 17.6. The topological polar surface area (TPSA) is 64.3 Å². The van der Waals surface area contributed by atoms with E-state index in [1.807, 2.05) is 13.8 Å². The summed E-state index contributed by atoms with van der Waals surface area (Å²) in [5, 5.41) is 3.28. The Morgan fingerprint density at radius 1 is 1.52 bits per heavy atom. The van der Waals surface area contributed by atoms with Gasteiger partial charge in [0.05, 0.1) is 0 Å². The van der Waals surface area contributed by atoms with Crippen molar-refractivity contribution in [1.29, 1.82) is 0 Å². The fourth-order valence-electron chi connectivity index (χ4n) is 2.68. The van der Waals surface area contributed by atoms with Crippen LogP contribution in [0, 0.1) is 18.7 Å². The van der Waals surface area contributed by atoms with E-state index in [0.717, 1.165) is 12.8 Å². The first-order valence-corrected chi connectivity index (χ1v) is 7.31. The lowest BCUT2D eigenvalue weighted by atomic mass is 9.92.